The van der Waals surface area contributed by atoms with Crippen molar-refractivity contribution in [3.05, 3.63) is 84.9 Å². The lowest BCUT2D eigenvalue weighted by Gasteiger charge is -2.14. The molecule has 4 rings (SSSR count). The van der Waals surface area contributed by atoms with Crippen molar-refractivity contribution in [3.8, 4) is 11.5 Å². The highest BCUT2D eigenvalue weighted by Gasteiger charge is 2.34. The molecule has 2 amide bonds. The predicted octanol–water partition coefficient (Wildman–Crippen LogP) is 6.58. The van der Waals surface area contributed by atoms with Gasteiger partial charge in [-0.05, 0) is 72.1 Å². The Labute approximate surface area is 225 Å². The molecule has 0 atom stereocenters. The van der Waals surface area contributed by atoms with E-state index in [1.165, 1.54) is 11.3 Å². The van der Waals surface area contributed by atoms with Crippen molar-refractivity contribution < 1.29 is 19.1 Å². The maximum absolute atomic E-state index is 12.9. The van der Waals surface area contributed by atoms with E-state index in [1.807, 2.05) is 19.1 Å². The summed E-state index contributed by atoms with van der Waals surface area (Å²) in [6.07, 6.45) is 1.70. The Morgan fingerprint density at radius 3 is 2.66 bits per heavy atom. The molecule has 3 aromatic rings. The zero-order valence-electron chi connectivity index (χ0n) is 18.2. The molecule has 6 nitrogen and oxygen atoms in total. The quantitative estimate of drug-likeness (QED) is 0.246. The van der Waals surface area contributed by atoms with E-state index in [-0.39, 0.29) is 16.8 Å². The van der Waals surface area contributed by atoms with E-state index < -0.39 is 5.91 Å². The summed E-state index contributed by atoms with van der Waals surface area (Å²) in [5.74, 6) is 0.288. The Kier molecular flexibility index (Phi) is 8.35. The summed E-state index contributed by atoms with van der Waals surface area (Å²) >= 11 is 19.7. The Morgan fingerprint density at radius 2 is 1.94 bits per heavy atom. The van der Waals surface area contributed by atoms with Gasteiger partial charge in [0.2, 0.25) is 0 Å². The Balaban J connectivity index is 1.49. The SMILES string of the molecule is CCOc1cc(/C=C2/SC(=S)N(NC(=O)c3cccs3)C2=O)ccc1OCc1ccc(Cl)c(Cl)c1. The number of thiocarbonyl (C=S) groups is 1. The minimum Gasteiger partial charge on any atom is -0.490 e. The first kappa shape index (κ1) is 25.5. The first-order valence-electron chi connectivity index (χ1n) is 10.3. The molecule has 0 spiro atoms. The molecule has 1 aliphatic rings. The van der Waals surface area contributed by atoms with Crippen molar-refractivity contribution in [1.82, 2.24) is 10.4 Å². The number of halogens is 2. The maximum Gasteiger partial charge on any atom is 0.285 e. The molecule has 2 aromatic carbocycles. The van der Waals surface area contributed by atoms with E-state index in [1.54, 1.807) is 47.9 Å². The van der Waals surface area contributed by atoms with Crippen molar-refractivity contribution in [3.63, 3.8) is 0 Å². The third kappa shape index (κ3) is 6.17. The van der Waals surface area contributed by atoms with E-state index >= 15 is 0 Å². The number of hydrogen-bond acceptors (Lipinski definition) is 7. The van der Waals surface area contributed by atoms with Crippen molar-refractivity contribution in [2.24, 2.45) is 0 Å². The number of benzene rings is 2. The van der Waals surface area contributed by atoms with Crippen LogP contribution >= 0.6 is 58.5 Å². The summed E-state index contributed by atoms with van der Waals surface area (Å²) in [6, 6.07) is 14.1. The lowest BCUT2D eigenvalue weighted by molar-refractivity contribution is -0.123. The molecule has 0 bridgehead atoms. The van der Waals surface area contributed by atoms with E-state index in [0.29, 0.717) is 37.9 Å². The number of nitrogens with zero attached hydrogens (tertiary/aromatic N) is 1. The van der Waals surface area contributed by atoms with E-state index in [4.69, 9.17) is 44.9 Å². The smallest absolute Gasteiger partial charge is 0.285 e. The van der Waals surface area contributed by atoms with E-state index in [2.05, 4.69) is 5.43 Å². The molecular formula is C24H18Cl2N2O4S3. The fraction of sp³-hybridized carbons (Fsp3) is 0.125. The zero-order chi connectivity index (χ0) is 24.9. The average Bonchev–Trinajstić information content (AvgIpc) is 3.46. The van der Waals surface area contributed by atoms with Crippen LogP contribution in [0.15, 0.2) is 58.8 Å². The topological polar surface area (TPSA) is 67.9 Å². The molecule has 2 heterocycles. The van der Waals surface area contributed by atoms with Gasteiger partial charge < -0.3 is 9.47 Å². The largest absolute Gasteiger partial charge is 0.490 e. The van der Waals surface area contributed by atoms with Crippen LogP contribution < -0.4 is 14.9 Å². The van der Waals surface area contributed by atoms with Crippen LogP contribution in [0, 0.1) is 0 Å². The summed E-state index contributed by atoms with van der Waals surface area (Å²) in [5.41, 5.74) is 4.15. The highest BCUT2D eigenvalue weighted by atomic mass is 35.5. The molecule has 0 saturated carbocycles. The van der Waals surface area contributed by atoms with Gasteiger partial charge in [-0.25, -0.2) is 0 Å². The fourth-order valence-electron chi connectivity index (χ4n) is 3.07. The molecular weight excluding hydrogens is 547 g/mol. The van der Waals surface area contributed by atoms with Crippen LogP contribution in [0.2, 0.25) is 10.0 Å². The lowest BCUT2D eigenvalue weighted by atomic mass is 10.2. The van der Waals surface area contributed by atoms with Gasteiger partial charge in [0.05, 0.1) is 26.4 Å². The van der Waals surface area contributed by atoms with Crippen LogP contribution in [0.1, 0.15) is 27.7 Å². The minimum atomic E-state index is -0.400. The molecule has 1 fully saturated rings. The number of hydrazine groups is 1. The van der Waals surface area contributed by atoms with Crippen LogP contribution in [-0.2, 0) is 11.4 Å². The number of nitrogens with one attached hydrogen (secondary N) is 1. The van der Waals surface area contributed by atoms with E-state index in [9.17, 15) is 9.59 Å². The zero-order valence-corrected chi connectivity index (χ0v) is 22.2. The summed E-state index contributed by atoms with van der Waals surface area (Å²) in [6.45, 7) is 2.58. The summed E-state index contributed by atoms with van der Waals surface area (Å²) in [7, 11) is 0. The molecule has 180 valence electrons. The highest BCUT2D eigenvalue weighted by Crippen LogP contribution is 2.35. The molecule has 0 radical (unpaired) electrons. The average molecular weight is 566 g/mol. The second-order valence-electron chi connectivity index (χ2n) is 7.11. The summed E-state index contributed by atoms with van der Waals surface area (Å²) in [4.78, 5) is 26.1. The number of carbonyl (C=O) groups is 2. The standard InChI is InChI=1S/C24H18Cl2N2O4S3/c1-2-31-19-11-14(6-8-18(19)32-13-15-5-7-16(25)17(26)10-15)12-21-23(30)28(24(33)35-21)27-22(29)20-4-3-9-34-20/h3-12H,2,13H2,1H3,(H,27,29)/b21-12+. The normalized spacial score (nSPS) is 14.5. The van der Waals surface area contributed by atoms with Gasteiger partial charge >= 0.3 is 0 Å². The number of ether oxygens (including phenoxy) is 2. The third-order valence-electron chi connectivity index (χ3n) is 4.70. The van der Waals surface area contributed by atoms with Gasteiger partial charge in [-0.3, -0.25) is 15.0 Å². The lowest BCUT2D eigenvalue weighted by Crippen LogP contribution is -2.44. The second-order valence-corrected chi connectivity index (χ2v) is 10.5. The number of amides is 2. The van der Waals surface area contributed by atoms with Crippen LogP contribution in [0.4, 0.5) is 0 Å². The molecule has 1 saturated heterocycles. The molecule has 0 aliphatic carbocycles. The van der Waals surface area contributed by atoms with Gasteiger partial charge in [-0.1, -0.05) is 53.2 Å². The predicted molar refractivity (Wildman–Crippen MR) is 145 cm³/mol. The van der Waals surface area contributed by atoms with Crippen LogP contribution in [0.3, 0.4) is 0 Å². The van der Waals surface area contributed by atoms with Crippen LogP contribution in [-0.4, -0.2) is 27.8 Å². The number of carbonyl (C=O) groups excluding carboxylic acids is 2. The van der Waals surface area contributed by atoms with Crippen molar-refractivity contribution in [1.29, 1.82) is 0 Å². The molecule has 0 unspecified atom stereocenters. The highest BCUT2D eigenvalue weighted by molar-refractivity contribution is 8.26. The van der Waals surface area contributed by atoms with Gasteiger partial charge in [0.15, 0.2) is 15.8 Å². The molecule has 1 aromatic heterocycles. The molecule has 11 heteroatoms. The Bertz CT molecular complexity index is 1310. The fourth-order valence-corrected chi connectivity index (χ4v) is 5.19. The van der Waals surface area contributed by atoms with Crippen molar-refractivity contribution in [2.75, 3.05) is 6.61 Å². The Hall–Kier alpha value is -2.56. The van der Waals surface area contributed by atoms with Crippen LogP contribution in [0.5, 0.6) is 11.5 Å². The number of thioether (sulfide) groups is 1. The number of thiophene rings is 1. The number of rotatable bonds is 8. The molecule has 35 heavy (non-hydrogen) atoms. The van der Waals surface area contributed by atoms with Crippen LogP contribution in [0.25, 0.3) is 6.08 Å². The van der Waals surface area contributed by atoms with Gasteiger partial charge in [0, 0.05) is 0 Å². The van der Waals surface area contributed by atoms with Gasteiger partial charge in [0.1, 0.15) is 6.61 Å². The van der Waals surface area contributed by atoms with Crippen molar-refractivity contribution >= 4 is 80.7 Å². The summed E-state index contributed by atoms with van der Waals surface area (Å²) < 4.78 is 11.9. The summed E-state index contributed by atoms with van der Waals surface area (Å²) in [5, 5.41) is 3.81. The van der Waals surface area contributed by atoms with Gasteiger partial charge in [-0.2, -0.15) is 5.01 Å². The molecule has 1 N–H and O–H groups in total. The van der Waals surface area contributed by atoms with Gasteiger partial charge in [0.25, 0.3) is 11.8 Å². The minimum absolute atomic E-state index is 0.248. The molecule has 1 aliphatic heterocycles. The first-order chi connectivity index (χ1) is 16.9. The van der Waals surface area contributed by atoms with Crippen molar-refractivity contribution in [2.45, 2.75) is 13.5 Å². The van der Waals surface area contributed by atoms with E-state index in [0.717, 1.165) is 27.9 Å². The van der Waals surface area contributed by atoms with Gasteiger partial charge in [-0.15, -0.1) is 11.3 Å². The number of hydrogen-bond donors (Lipinski definition) is 1. The maximum atomic E-state index is 12.9. The second kappa shape index (κ2) is 11.5. The Morgan fingerprint density at radius 1 is 1.11 bits per heavy atom. The monoisotopic (exact) mass is 564 g/mol. The third-order valence-corrected chi connectivity index (χ3v) is 7.61. The first-order valence-corrected chi connectivity index (χ1v) is 13.2.